The van der Waals surface area contributed by atoms with Gasteiger partial charge >= 0.3 is 5.97 Å². The number of likely N-dealkylation sites (tertiary alicyclic amines) is 1. The molecular weight excluding hydrogens is 282 g/mol. The molecule has 0 saturated carbocycles. The van der Waals surface area contributed by atoms with Crippen LogP contribution in [0.5, 0.6) is 0 Å². The molecule has 1 unspecified atom stereocenters. The lowest BCUT2D eigenvalue weighted by molar-refractivity contribution is 0.0691. The Morgan fingerprint density at radius 2 is 2.35 bits per heavy atom. The quantitative estimate of drug-likeness (QED) is 0.703. The number of nitrogens with one attached hydrogen (secondary N) is 2. The molecule has 1 aliphatic rings. The molecule has 0 radical (unpaired) electrons. The molecule has 20 heavy (non-hydrogen) atoms. The average molecular weight is 301 g/mol. The molecule has 1 aromatic rings. The molecule has 1 atom stereocenters. The normalized spacial score (nSPS) is 20.4. The zero-order valence-electron chi connectivity index (χ0n) is 11.3. The van der Waals surface area contributed by atoms with E-state index in [1.54, 1.807) is 0 Å². The third-order valence-corrected chi connectivity index (χ3v) is 4.98. The molecule has 0 amide bonds. The van der Waals surface area contributed by atoms with Crippen molar-refractivity contribution < 1.29 is 18.3 Å². The zero-order chi connectivity index (χ0) is 14.8. The highest BCUT2D eigenvalue weighted by atomic mass is 32.2. The number of H-pyrrole nitrogens is 1. The maximum atomic E-state index is 12.0. The SMILES string of the molecule is CCN1CCC(CNS(=O)(=O)c2c[nH]c(C(=O)O)c2)C1. The molecule has 1 saturated heterocycles. The van der Waals surface area contributed by atoms with Crippen molar-refractivity contribution in [2.75, 3.05) is 26.2 Å². The van der Waals surface area contributed by atoms with Crippen LogP contribution in [0.1, 0.15) is 23.8 Å². The Morgan fingerprint density at radius 3 is 2.90 bits per heavy atom. The maximum absolute atomic E-state index is 12.0. The van der Waals surface area contributed by atoms with Gasteiger partial charge in [-0.25, -0.2) is 17.9 Å². The van der Waals surface area contributed by atoms with E-state index in [-0.39, 0.29) is 10.6 Å². The molecule has 0 aliphatic carbocycles. The van der Waals surface area contributed by atoms with E-state index in [2.05, 4.69) is 21.5 Å². The molecule has 0 spiro atoms. The molecule has 2 rings (SSSR count). The van der Waals surface area contributed by atoms with Crippen LogP contribution >= 0.6 is 0 Å². The maximum Gasteiger partial charge on any atom is 0.352 e. The van der Waals surface area contributed by atoms with E-state index in [9.17, 15) is 13.2 Å². The average Bonchev–Trinajstić information content (AvgIpc) is 3.05. The second-order valence-electron chi connectivity index (χ2n) is 4.95. The summed E-state index contributed by atoms with van der Waals surface area (Å²) in [6.07, 6.45) is 2.17. The van der Waals surface area contributed by atoms with E-state index in [0.717, 1.165) is 32.1 Å². The number of nitrogens with zero attached hydrogens (tertiary/aromatic N) is 1. The standard InChI is InChI=1S/C12H19N3O4S/c1-2-15-4-3-9(8-15)6-14-20(18,19)10-5-11(12(16)17)13-7-10/h5,7,9,13-14H,2-4,6,8H2,1H3,(H,16,17). The highest BCUT2D eigenvalue weighted by Gasteiger charge is 2.24. The van der Waals surface area contributed by atoms with Gasteiger partial charge in [-0.2, -0.15) is 0 Å². The number of carboxylic acid groups (broad SMARTS) is 1. The van der Waals surface area contributed by atoms with Gasteiger partial charge < -0.3 is 15.0 Å². The molecule has 1 aromatic heterocycles. The lowest BCUT2D eigenvalue weighted by Gasteiger charge is -2.13. The van der Waals surface area contributed by atoms with Gasteiger partial charge in [0.25, 0.3) is 0 Å². The largest absolute Gasteiger partial charge is 0.477 e. The van der Waals surface area contributed by atoms with Crippen molar-refractivity contribution in [1.29, 1.82) is 0 Å². The topological polar surface area (TPSA) is 103 Å². The van der Waals surface area contributed by atoms with Gasteiger partial charge in [-0.15, -0.1) is 0 Å². The van der Waals surface area contributed by atoms with Crippen LogP contribution in [0.2, 0.25) is 0 Å². The first kappa shape index (κ1) is 15.0. The molecule has 2 heterocycles. The summed E-state index contributed by atoms with van der Waals surface area (Å²) in [5.41, 5.74) is -0.136. The summed E-state index contributed by atoms with van der Waals surface area (Å²) in [6, 6.07) is 1.12. The summed E-state index contributed by atoms with van der Waals surface area (Å²) in [4.78, 5) is 15.4. The van der Waals surface area contributed by atoms with Crippen molar-refractivity contribution in [1.82, 2.24) is 14.6 Å². The monoisotopic (exact) mass is 301 g/mol. The van der Waals surface area contributed by atoms with Crippen molar-refractivity contribution in [3.8, 4) is 0 Å². The first-order valence-electron chi connectivity index (χ1n) is 6.56. The fourth-order valence-electron chi connectivity index (χ4n) is 2.33. The summed E-state index contributed by atoms with van der Waals surface area (Å²) in [5, 5.41) is 8.77. The van der Waals surface area contributed by atoms with Crippen LogP contribution < -0.4 is 4.72 Å². The highest BCUT2D eigenvalue weighted by Crippen LogP contribution is 2.16. The minimum absolute atomic E-state index is 0.0414. The van der Waals surface area contributed by atoms with Gasteiger partial charge in [-0.3, -0.25) is 0 Å². The van der Waals surface area contributed by atoms with E-state index < -0.39 is 16.0 Å². The Balaban J connectivity index is 1.95. The fourth-order valence-corrected chi connectivity index (χ4v) is 3.44. The summed E-state index contributed by atoms with van der Waals surface area (Å²) in [7, 11) is -3.65. The summed E-state index contributed by atoms with van der Waals surface area (Å²) in [5.74, 6) is -0.872. The van der Waals surface area contributed by atoms with Gasteiger partial charge in [-0.1, -0.05) is 6.92 Å². The smallest absolute Gasteiger partial charge is 0.352 e. The van der Waals surface area contributed by atoms with Gasteiger partial charge in [-0.05, 0) is 31.5 Å². The van der Waals surface area contributed by atoms with Gasteiger partial charge in [0.2, 0.25) is 10.0 Å². The van der Waals surface area contributed by atoms with Crippen LogP contribution in [0.15, 0.2) is 17.2 Å². The van der Waals surface area contributed by atoms with Crippen LogP contribution in [0.3, 0.4) is 0 Å². The van der Waals surface area contributed by atoms with Gasteiger partial charge in [0, 0.05) is 19.3 Å². The van der Waals surface area contributed by atoms with E-state index in [0.29, 0.717) is 12.5 Å². The van der Waals surface area contributed by atoms with Crippen molar-refractivity contribution in [3.63, 3.8) is 0 Å². The number of aromatic carboxylic acids is 1. The Labute approximate surface area is 118 Å². The van der Waals surface area contributed by atoms with E-state index in [4.69, 9.17) is 5.11 Å². The number of hydrogen-bond acceptors (Lipinski definition) is 4. The molecule has 0 aromatic carbocycles. The lowest BCUT2D eigenvalue weighted by Crippen LogP contribution is -2.30. The number of aromatic nitrogens is 1. The first-order chi connectivity index (χ1) is 9.42. The highest BCUT2D eigenvalue weighted by molar-refractivity contribution is 7.89. The van der Waals surface area contributed by atoms with Gasteiger partial charge in [0.1, 0.15) is 10.6 Å². The minimum Gasteiger partial charge on any atom is -0.477 e. The predicted octanol–water partition coefficient (Wildman–Crippen LogP) is 0.333. The lowest BCUT2D eigenvalue weighted by atomic mass is 10.1. The van der Waals surface area contributed by atoms with Crippen LogP contribution in [0, 0.1) is 5.92 Å². The molecule has 1 fully saturated rings. The molecule has 7 nitrogen and oxygen atoms in total. The molecule has 0 bridgehead atoms. The van der Waals surface area contributed by atoms with Crippen molar-refractivity contribution in [2.24, 2.45) is 5.92 Å². The Kier molecular flexibility index (Phi) is 4.46. The molecular formula is C12H19N3O4S. The molecule has 112 valence electrons. The zero-order valence-corrected chi connectivity index (χ0v) is 12.1. The number of aromatic amines is 1. The van der Waals surface area contributed by atoms with Crippen LogP contribution in [-0.4, -0.2) is 55.6 Å². The molecule has 3 N–H and O–H groups in total. The number of carbonyl (C=O) groups is 1. The van der Waals surface area contributed by atoms with Gasteiger partial charge in [0.05, 0.1) is 0 Å². The predicted molar refractivity (Wildman–Crippen MR) is 73.2 cm³/mol. The van der Waals surface area contributed by atoms with E-state index >= 15 is 0 Å². The second-order valence-corrected chi connectivity index (χ2v) is 6.72. The number of carboxylic acids is 1. The Bertz CT molecular complexity index is 581. The number of sulfonamides is 1. The van der Waals surface area contributed by atoms with Crippen LogP contribution in [0.25, 0.3) is 0 Å². The second kappa shape index (κ2) is 5.94. The first-order valence-corrected chi connectivity index (χ1v) is 8.04. The molecule has 8 heteroatoms. The van der Waals surface area contributed by atoms with Crippen LogP contribution in [-0.2, 0) is 10.0 Å². The Hall–Kier alpha value is -1.38. The van der Waals surface area contributed by atoms with Crippen molar-refractivity contribution >= 4 is 16.0 Å². The summed E-state index contributed by atoms with van der Waals surface area (Å²) in [6.45, 7) is 5.33. The minimum atomic E-state index is -3.65. The van der Waals surface area contributed by atoms with E-state index in [1.165, 1.54) is 6.20 Å². The fraction of sp³-hybridized carbons (Fsp3) is 0.583. The van der Waals surface area contributed by atoms with Crippen molar-refractivity contribution in [3.05, 3.63) is 18.0 Å². The third kappa shape index (κ3) is 3.38. The molecule has 1 aliphatic heterocycles. The number of hydrogen-bond donors (Lipinski definition) is 3. The van der Waals surface area contributed by atoms with Gasteiger partial charge in [0.15, 0.2) is 0 Å². The Morgan fingerprint density at radius 1 is 1.60 bits per heavy atom. The number of rotatable bonds is 6. The van der Waals surface area contributed by atoms with Crippen LogP contribution in [0.4, 0.5) is 0 Å². The van der Waals surface area contributed by atoms with Crippen molar-refractivity contribution in [2.45, 2.75) is 18.2 Å². The summed E-state index contributed by atoms with van der Waals surface area (Å²) >= 11 is 0. The third-order valence-electron chi connectivity index (χ3n) is 3.58. The van der Waals surface area contributed by atoms with E-state index in [1.807, 2.05) is 0 Å². The summed E-state index contributed by atoms with van der Waals surface area (Å²) < 4.78 is 26.6.